The summed E-state index contributed by atoms with van der Waals surface area (Å²) < 4.78 is 18.3. The molecule has 0 unspecified atom stereocenters. The van der Waals surface area contributed by atoms with Gasteiger partial charge in [-0.25, -0.2) is 9.37 Å². The number of nitrogens with zero attached hydrogens (tertiary/aromatic N) is 1. The lowest BCUT2D eigenvalue weighted by Gasteiger charge is -1.96. The monoisotopic (exact) mass is 245 g/mol. The fourth-order valence-corrected chi connectivity index (χ4v) is 1.37. The Labute approximate surface area is 95.6 Å². The SMILES string of the molecule is Fc1cc(-c2nc(CCl)co2)ccc1Cl. The molecule has 0 spiro atoms. The van der Waals surface area contributed by atoms with E-state index in [0.717, 1.165) is 0 Å². The molecule has 0 aliphatic heterocycles. The minimum absolute atomic E-state index is 0.0721. The van der Waals surface area contributed by atoms with Crippen LogP contribution >= 0.6 is 23.2 Å². The normalized spacial score (nSPS) is 10.6. The van der Waals surface area contributed by atoms with E-state index in [4.69, 9.17) is 27.6 Å². The molecule has 0 saturated heterocycles. The molecule has 2 aromatic rings. The topological polar surface area (TPSA) is 26.0 Å². The van der Waals surface area contributed by atoms with Crippen LogP contribution < -0.4 is 0 Å². The molecule has 2 nitrogen and oxygen atoms in total. The predicted octanol–water partition coefficient (Wildman–Crippen LogP) is 3.87. The van der Waals surface area contributed by atoms with Crippen molar-refractivity contribution in [1.29, 1.82) is 0 Å². The van der Waals surface area contributed by atoms with Crippen LogP contribution in [0.3, 0.4) is 0 Å². The highest BCUT2D eigenvalue weighted by Gasteiger charge is 2.08. The number of aromatic nitrogens is 1. The van der Waals surface area contributed by atoms with Crippen LogP contribution in [0.25, 0.3) is 11.5 Å². The number of hydrogen-bond acceptors (Lipinski definition) is 2. The van der Waals surface area contributed by atoms with Gasteiger partial charge in [-0.05, 0) is 18.2 Å². The Balaban J connectivity index is 2.40. The van der Waals surface area contributed by atoms with Crippen LogP contribution in [0.2, 0.25) is 5.02 Å². The number of rotatable bonds is 2. The van der Waals surface area contributed by atoms with Gasteiger partial charge in [0, 0.05) is 5.56 Å². The minimum atomic E-state index is -0.500. The molecule has 78 valence electrons. The highest BCUT2D eigenvalue weighted by atomic mass is 35.5. The molecule has 0 aliphatic rings. The van der Waals surface area contributed by atoms with Crippen LogP contribution in [0, 0.1) is 5.82 Å². The summed E-state index contributed by atoms with van der Waals surface area (Å²) in [6.07, 6.45) is 1.44. The lowest BCUT2D eigenvalue weighted by molar-refractivity contribution is 0.571. The maximum Gasteiger partial charge on any atom is 0.226 e. The van der Waals surface area contributed by atoms with Crippen molar-refractivity contribution < 1.29 is 8.81 Å². The molecule has 0 bridgehead atoms. The Morgan fingerprint density at radius 2 is 2.20 bits per heavy atom. The molecule has 0 radical (unpaired) electrons. The molecule has 0 atom stereocenters. The molecule has 1 aromatic carbocycles. The largest absolute Gasteiger partial charge is 0.444 e. The number of alkyl halides is 1. The third kappa shape index (κ3) is 2.13. The summed E-state index contributed by atoms with van der Waals surface area (Å²) in [6.45, 7) is 0. The lowest BCUT2D eigenvalue weighted by atomic mass is 10.2. The molecular formula is C10H6Cl2FNO. The maximum atomic E-state index is 13.1. The molecule has 2 rings (SSSR count). The zero-order valence-corrected chi connectivity index (χ0v) is 9.02. The summed E-state index contributed by atoms with van der Waals surface area (Å²) in [6, 6.07) is 4.36. The van der Waals surface area contributed by atoms with Gasteiger partial charge < -0.3 is 4.42 Å². The van der Waals surface area contributed by atoms with E-state index in [1.807, 2.05) is 0 Å². The second kappa shape index (κ2) is 4.21. The fourth-order valence-electron chi connectivity index (χ4n) is 1.13. The first-order valence-electron chi connectivity index (χ1n) is 4.16. The summed E-state index contributed by atoms with van der Waals surface area (Å²) in [5, 5.41) is 0.0721. The van der Waals surface area contributed by atoms with Gasteiger partial charge in [0.05, 0.1) is 16.6 Å². The van der Waals surface area contributed by atoms with Crippen LogP contribution in [0.15, 0.2) is 28.9 Å². The number of benzene rings is 1. The summed E-state index contributed by atoms with van der Waals surface area (Å²) >= 11 is 11.1. The van der Waals surface area contributed by atoms with E-state index in [0.29, 0.717) is 17.1 Å². The van der Waals surface area contributed by atoms with Crippen molar-refractivity contribution >= 4 is 23.2 Å². The highest BCUT2D eigenvalue weighted by Crippen LogP contribution is 2.23. The van der Waals surface area contributed by atoms with Crippen molar-refractivity contribution in [2.24, 2.45) is 0 Å². The molecule has 15 heavy (non-hydrogen) atoms. The molecule has 1 heterocycles. The molecule has 0 amide bonds. The quantitative estimate of drug-likeness (QED) is 0.751. The summed E-state index contributed by atoms with van der Waals surface area (Å²) in [4.78, 5) is 4.06. The number of hydrogen-bond donors (Lipinski definition) is 0. The van der Waals surface area contributed by atoms with E-state index < -0.39 is 5.82 Å². The lowest BCUT2D eigenvalue weighted by Crippen LogP contribution is -1.82. The van der Waals surface area contributed by atoms with Crippen molar-refractivity contribution in [2.75, 3.05) is 0 Å². The van der Waals surface area contributed by atoms with Crippen LogP contribution in [-0.4, -0.2) is 4.98 Å². The summed E-state index contributed by atoms with van der Waals surface area (Å²) in [5.74, 6) is 0.0977. The number of oxazole rings is 1. The first-order chi connectivity index (χ1) is 7.20. The van der Waals surface area contributed by atoms with Gasteiger partial charge in [0.25, 0.3) is 0 Å². The van der Waals surface area contributed by atoms with Crippen LogP contribution in [0.1, 0.15) is 5.69 Å². The summed E-state index contributed by atoms with van der Waals surface area (Å²) in [5.41, 5.74) is 1.15. The fraction of sp³-hybridized carbons (Fsp3) is 0.100. The Kier molecular flexibility index (Phi) is 2.93. The van der Waals surface area contributed by atoms with Gasteiger partial charge in [0.1, 0.15) is 12.1 Å². The van der Waals surface area contributed by atoms with E-state index in [2.05, 4.69) is 4.98 Å². The van der Waals surface area contributed by atoms with Gasteiger partial charge >= 0.3 is 0 Å². The van der Waals surface area contributed by atoms with Gasteiger partial charge in [0.2, 0.25) is 5.89 Å². The van der Waals surface area contributed by atoms with Crippen molar-refractivity contribution in [2.45, 2.75) is 5.88 Å². The predicted molar refractivity (Wildman–Crippen MR) is 56.5 cm³/mol. The number of halogens is 3. The third-order valence-corrected chi connectivity index (χ3v) is 2.44. The van der Waals surface area contributed by atoms with Crippen molar-refractivity contribution in [3.05, 3.63) is 41.0 Å². The van der Waals surface area contributed by atoms with Crippen molar-refractivity contribution in [1.82, 2.24) is 4.98 Å². The van der Waals surface area contributed by atoms with Crippen LogP contribution in [0.5, 0.6) is 0 Å². The Morgan fingerprint density at radius 3 is 2.80 bits per heavy atom. The minimum Gasteiger partial charge on any atom is -0.444 e. The average molecular weight is 246 g/mol. The molecular weight excluding hydrogens is 240 g/mol. The Hall–Kier alpha value is -1.06. The van der Waals surface area contributed by atoms with E-state index in [1.165, 1.54) is 18.4 Å². The van der Waals surface area contributed by atoms with Crippen molar-refractivity contribution in [3.8, 4) is 11.5 Å². The van der Waals surface area contributed by atoms with E-state index in [-0.39, 0.29) is 10.9 Å². The first-order valence-corrected chi connectivity index (χ1v) is 5.08. The van der Waals surface area contributed by atoms with E-state index >= 15 is 0 Å². The standard InChI is InChI=1S/C10H6Cl2FNO/c11-4-7-5-15-10(14-7)6-1-2-8(12)9(13)3-6/h1-3,5H,4H2. The highest BCUT2D eigenvalue weighted by molar-refractivity contribution is 6.30. The Bertz CT molecular complexity index is 484. The third-order valence-electron chi connectivity index (χ3n) is 1.86. The van der Waals surface area contributed by atoms with Crippen LogP contribution in [0.4, 0.5) is 4.39 Å². The van der Waals surface area contributed by atoms with Gasteiger partial charge in [-0.1, -0.05) is 11.6 Å². The van der Waals surface area contributed by atoms with Gasteiger partial charge in [-0.2, -0.15) is 0 Å². The second-order valence-corrected chi connectivity index (χ2v) is 3.58. The molecule has 0 saturated carbocycles. The average Bonchev–Trinajstić information content (AvgIpc) is 2.70. The van der Waals surface area contributed by atoms with Gasteiger partial charge in [-0.15, -0.1) is 11.6 Å². The molecule has 5 heteroatoms. The Morgan fingerprint density at radius 1 is 1.40 bits per heavy atom. The second-order valence-electron chi connectivity index (χ2n) is 2.91. The summed E-state index contributed by atoms with van der Waals surface area (Å²) in [7, 11) is 0. The van der Waals surface area contributed by atoms with E-state index in [1.54, 1.807) is 6.07 Å². The maximum absolute atomic E-state index is 13.1. The zero-order chi connectivity index (χ0) is 10.8. The van der Waals surface area contributed by atoms with Gasteiger partial charge in [-0.3, -0.25) is 0 Å². The van der Waals surface area contributed by atoms with Crippen LogP contribution in [-0.2, 0) is 5.88 Å². The molecule has 0 N–H and O–H groups in total. The molecule has 0 fully saturated rings. The molecule has 0 aliphatic carbocycles. The van der Waals surface area contributed by atoms with E-state index in [9.17, 15) is 4.39 Å². The molecule has 1 aromatic heterocycles. The zero-order valence-electron chi connectivity index (χ0n) is 7.51. The smallest absolute Gasteiger partial charge is 0.226 e. The van der Waals surface area contributed by atoms with Crippen molar-refractivity contribution in [3.63, 3.8) is 0 Å². The van der Waals surface area contributed by atoms with Gasteiger partial charge in [0.15, 0.2) is 0 Å². The first kappa shape index (κ1) is 10.5.